The molecule has 0 aromatic rings. The second kappa shape index (κ2) is 1.66. The fourth-order valence-electron chi connectivity index (χ4n) is 1.68. The minimum atomic E-state index is 0.353. The van der Waals surface area contributed by atoms with Crippen molar-refractivity contribution in [2.24, 2.45) is 0 Å². The number of nitrogens with zero attached hydrogens (tertiary/aromatic N) is 1. The van der Waals surface area contributed by atoms with Crippen molar-refractivity contribution in [3.8, 4) is 0 Å². The van der Waals surface area contributed by atoms with Crippen LogP contribution in [-0.2, 0) is 0 Å². The monoisotopic (exact) mass is 143 g/mol. The number of rotatable bonds is 0. The number of hydrogen-bond donors (Lipinski definition) is 0. The zero-order chi connectivity index (χ0) is 6.43. The molecule has 2 heteroatoms. The SMILES string of the molecule is CN1C=C2CC1CC2Cl. The van der Waals surface area contributed by atoms with Gasteiger partial charge < -0.3 is 4.90 Å². The predicted molar refractivity (Wildman–Crippen MR) is 38.5 cm³/mol. The maximum absolute atomic E-state index is 5.98. The highest BCUT2D eigenvalue weighted by Gasteiger charge is 2.34. The van der Waals surface area contributed by atoms with Crippen molar-refractivity contribution >= 4 is 11.6 Å². The highest BCUT2D eigenvalue weighted by atomic mass is 35.5. The van der Waals surface area contributed by atoms with Gasteiger partial charge in [-0.3, -0.25) is 0 Å². The molecule has 2 bridgehead atoms. The van der Waals surface area contributed by atoms with Crippen molar-refractivity contribution in [2.75, 3.05) is 7.05 Å². The normalized spacial score (nSPS) is 39.8. The summed E-state index contributed by atoms with van der Waals surface area (Å²) in [5, 5.41) is 0.353. The van der Waals surface area contributed by atoms with E-state index in [0.717, 1.165) is 12.5 Å². The van der Waals surface area contributed by atoms with Gasteiger partial charge in [-0.15, -0.1) is 11.6 Å². The molecule has 0 saturated heterocycles. The van der Waals surface area contributed by atoms with E-state index < -0.39 is 0 Å². The first-order valence-electron chi connectivity index (χ1n) is 3.34. The van der Waals surface area contributed by atoms with Crippen LogP contribution in [0, 0.1) is 0 Å². The minimum absolute atomic E-state index is 0.353. The lowest BCUT2D eigenvalue weighted by molar-refractivity contribution is 0.351. The molecule has 0 aromatic heterocycles. The van der Waals surface area contributed by atoms with Crippen molar-refractivity contribution in [2.45, 2.75) is 24.3 Å². The molecule has 0 amide bonds. The van der Waals surface area contributed by atoms with Gasteiger partial charge in [0.1, 0.15) is 0 Å². The Hall–Kier alpha value is -0.170. The van der Waals surface area contributed by atoms with Gasteiger partial charge in [0.15, 0.2) is 0 Å². The van der Waals surface area contributed by atoms with E-state index in [1.165, 1.54) is 12.0 Å². The van der Waals surface area contributed by atoms with E-state index in [0.29, 0.717) is 5.38 Å². The molecule has 0 N–H and O–H groups in total. The predicted octanol–water partition coefficient (Wildman–Crippen LogP) is 1.59. The number of fused-ring (bicyclic) bond motifs is 2. The van der Waals surface area contributed by atoms with Gasteiger partial charge in [-0.2, -0.15) is 0 Å². The highest BCUT2D eigenvalue weighted by Crippen LogP contribution is 2.38. The van der Waals surface area contributed by atoms with E-state index in [1.54, 1.807) is 0 Å². The van der Waals surface area contributed by atoms with Crippen LogP contribution in [0.3, 0.4) is 0 Å². The van der Waals surface area contributed by atoms with Crippen molar-refractivity contribution in [3.05, 3.63) is 11.8 Å². The molecule has 2 rings (SSSR count). The summed E-state index contributed by atoms with van der Waals surface area (Å²) in [6.45, 7) is 0. The quantitative estimate of drug-likeness (QED) is 0.466. The molecule has 1 aliphatic carbocycles. The molecule has 50 valence electrons. The van der Waals surface area contributed by atoms with Crippen LogP contribution in [0.2, 0.25) is 0 Å². The second-order valence-electron chi connectivity index (χ2n) is 2.93. The van der Waals surface area contributed by atoms with E-state index in [2.05, 4.69) is 18.1 Å². The van der Waals surface area contributed by atoms with E-state index in [-0.39, 0.29) is 0 Å². The van der Waals surface area contributed by atoms with Gasteiger partial charge in [-0.05, 0) is 24.6 Å². The van der Waals surface area contributed by atoms with Crippen LogP contribution in [0.1, 0.15) is 12.8 Å². The first-order valence-corrected chi connectivity index (χ1v) is 3.77. The molecule has 2 atom stereocenters. The average Bonchev–Trinajstić information content (AvgIpc) is 2.24. The molecule has 1 nitrogen and oxygen atoms in total. The molecule has 0 radical (unpaired) electrons. The maximum atomic E-state index is 5.98. The van der Waals surface area contributed by atoms with Crippen LogP contribution in [0.4, 0.5) is 0 Å². The third-order valence-electron chi connectivity index (χ3n) is 2.30. The van der Waals surface area contributed by atoms with Crippen LogP contribution >= 0.6 is 11.6 Å². The molecule has 1 aliphatic heterocycles. The van der Waals surface area contributed by atoms with Gasteiger partial charge in [0.25, 0.3) is 0 Å². The summed E-state index contributed by atoms with van der Waals surface area (Å²) < 4.78 is 0. The van der Waals surface area contributed by atoms with Gasteiger partial charge in [0.05, 0.1) is 5.38 Å². The fourth-order valence-corrected chi connectivity index (χ4v) is 2.04. The number of alkyl halides is 1. The number of halogens is 1. The first-order chi connectivity index (χ1) is 4.27. The third-order valence-corrected chi connectivity index (χ3v) is 2.76. The smallest absolute Gasteiger partial charge is 0.0582 e. The molecule has 1 fully saturated rings. The average molecular weight is 144 g/mol. The summed E-state index contributed by atoms with van der Waals surface area (Å²) in [6.07, 6.45) is 4.56. The van der Waals surface area contributed by atoms with Crippen LogP contribution in [-0.4, -0.2) is 23.4 Å². The summed E-state index contributed by atoms with van der Waals surface area (Å²) in [5.41, 5.74) is 1.43. The van der Waals surface area contributed by atoms with E-state index in [9.17, 15) is 0 Å². The molecule has 2 aliphatic rings. The molecular weight excluding hydrogens is 134 g/mol. The molecule has 1 heterocycles. The van der Waals surface area contributed by atoms with Gasteiger partial charge in [0, 0.05) is 13.1 Å². The number of hydrogen-bond acceptors (Lipinski definition) is 1. The minimum Gasteiger partial charge on any atom is -0.377 e. The Bertz CT molecular complexity index is 164. The van der Waals surface area contributed by atoms with Crippen molar-refractivity contribution in [3.63, 3.8) is 0 Å². The summed E-state index contributed by atoms with van der Waals surface area (Å²) >= 11 is 5.98. The fraction of sp³-hybridized carbons (Fsp3) is 0.714. The zero-order valence-electron chi connectivity index (χ0n) is 5.47. The Labute approximate surface area is 60.3 Å². The topological polar surface area (TPSA) is 3.24 Å². The van der Waals surface area contributed by atoms with Crippen molar-refractivity contribution in [1.82, 2.24) is 4.90 Å². The summed E-state index contributed by atoms with van der Waals surface area (Å²) in [6, 6.07) is 0.725. The maximum Gasteiger partial charge on any atom is 0.0582 e. The first kappa shape index (κ1) is 5.60. The lowest BCUT2D eigenvalue weighted by atomic mass is 10.2. The van der Waals surface area contributed by atoms with Gasteiger partial charge in [0.2, 0.25) is 0 Å². The third kappa shape index (κ3) is 0.677. The lowest BCUT2D eigenvalue weighted by Gasteiger charge is -2.20. The molecule has 9 heavy (non-hydrogen) atoms. The van der Waals surface area contributed by atoms with E-state index >= 15 is 0 Å². The lowest BCUT2D eigenvalue weighted by Crippen LogP contribution is -2.23. The largest absolute Gasteiger partial charge is 0.377 e. The zero-order valence-corrected chi connectivity index (χ0v) is 6.23. The van der Waals surface area contributed by atoms with Gasteiger partial charge >= 0.3 is 0 Å². The van der Waals surface area contributed by atoms with E-state index in [1.807, 2.05) is 0 Å². The molecule has 2 unspecified atom stereocenters. The van der Waals surface area contributed by atoms with Crippen molar-refractivity contribution < 1.29 is 0 Å². The van der Waals surface area contributed by atoms with Crippen molar-refractivity contribution in [1.29, 1.82) is 0 Å². The van der Waals surface area contributed by atoms with Crippen LogP contribution < -0.4 is 0 Å². The summed E-state index contributed by atoms with van der Waals surface area (Å²) in [5.74, 6) is 0. The van der Waals surface area contributed by atoms with Crippen LogP contribution in [0.15, 0.2) is 11.8 Å². The Morgan fingerprint density at radius 3 is 2.89 bits per heavy atom. The summed E-state index contributed by atoms with van der Waals surface area (Å²) in [7, 11) is 2.13. The molecular formula is C7H10ClN. The Kier molecular flexibility index (Phi) is 1.03. The van der Waals surface area contributed by atoms with Crippen LogP contribution in [0.25, 0.3) is 0 Å². The Balaban J connectivity index is 2.27. The molecule has 0 aromatic carbocycles. The van der Waals surface area contributed by atoms with Crippen LogP contribution in [0.5, 0.6) is 0 Å². The second-order valence-corrected chi connectivity index (χ2v) is 3.46. The standard InChI is InChI=1S/C7H10ClN/c1-9-4-5-2-6(9)3-7(5)8/h4,6-7H,2-3H2,1H3. The Morgan fingerprint density at radius 1 is 1.78 bits per heavy atom. The highest BCUT2D eigenvalue weighted by molar-refractivity contribution is 6.22. The Morgan fingerprint density at radius 2 is 2.56 bits per heavy atom. The summed E-state index contributed by atoms with van der Waals surface area (Å²) in [4.78, 5) is 2.27. The molecule has 0 spiro atoms. The van der Waals surface area contributed by atoms with Gasteiger partial charge in [-0.1, -0.05) is 0 Å². The van der Waals surface area contributed by atoms with Gasteiger partial charge in [-0.25, -0.2) is 0 Å². The van der Waals surface area contributed by atoms with E-state index in [4.69, 9.17) is 11.6 Å². The molecule has 1 saturated carbocycles.